The van der Waals surface area contributed by atoms with E-state index in [2.05, 4.69) is 15.6 Å². The summed E-state index contributed by atoms with van der Waals surface area (Å²) in [5, 5.41) is 7.73. The third kappa shape index (κ3) is 3.88. The normalized spacial score (nSPS) is 10.6. The Kier molecular flexibility index (Phi) is 5.05. The number of aromatic nitrogens is 1. The molecule has 2 aromatic heterocycles. The molecule has 0 spiro atoms. The lowest BCUT2D eigenvalue weighted by molar-refractivity contribution is 0.0981. The van der Waals surface area contributed by atoms with Crippen LogP contribution in [0.1, 0.15) is 9.67 Å². The van der Waals surface area contributed by atoms with Gasteiger partial charge in [0.1, 0.15) is 11.3 Å². The molecule has 8 heteroatoms. The molecule has 0 aliphatic carbocycles. The van der Waals surface area contributed by atoms with Crippen LogP contribution in [0.25, 0.3) is 22.6 Å². The molecule has 1 amide bonds. The predicted octanol–water partition coefficient (Wildman–Crippen LogP) is 4.69. The number of oxazole rings is 1. The average Bonchev–Trinajstić information content (AvgIpc) is 3.37. The minimum absolute atomic E-state index is 0.220. The lowest BCUT2D eigenvalue weighted by Gasteiger charge is -2.09. The number of carbonyl (C=O) groups excluding carboxylic acids is 1. The number of amides is 1. The van der Waals surface area contributed by atoms with Crippen molar-refractivity contribution < 1.29 is 13.9 Å². The SMILES string of the molecule is COc1ccc2oc(-c3cccc(NC(=S)NC(=O)c4cccs4)c3)nc2c1. The first-order valence-electron chi connectivity index (χ1n) is 8.33. The van der Waals surface area contributed by atoms with Gasteiger partial charge >= 0.3 is 0 Å². The fourth-order valence-electron chi connectivity index (χ4n) is 2.62. The molecule has 0 saturated carbocycles. The van der Waals surface area contributed by atoms with Gasteiger partial charge in [-0.15, -0.1) is 11.3 Å². The van der Waals surface area contributed by atoms with Gasteiger partial charge in [0, 0.05) is 17.3 Å². The minimum Gasteiger partial charge on any atom is -0.497 e. The molecule has 0 aliphatic rings. The van der Waals surface area contributed by atoms with Crippen molar-refractivity contribution in [1.29, 1.82) is 0 Å². The number of anilines is 1. The quantitative estimate of drug-likeness (QED) is 0.476. The van der Waals surface area contributed by atoms with E-state index in [-0.39, 0.29) is 11.0 Å². The summed E-state index contributed by atoms with van der Waals surface area (Å²) >= 11 is 6.59. The second-order valence-corrected chi connectivity index (χ2v) is 7.17. The van der Waals surface area contributed by atoms with Crippen LogP contribution in [0.3, 0.4) is 0 Å². The summed E-state index contributed by atoms with van der Waals surface area (Å²) in [6.45, 7) is 0. The molecule has 0 radical (unpaired) electrons. The first kappa shape index (κ1) is 18.1. The molecular weight excluding hydrogens is 394 g/mol. The van der Waals surface area contributed by atoms with Gasteiger partial charge in [-0.1, -0.05) is 12.1 Å². The Balaban J connectivity index is 1.51. The van der Waals surface area contributed by atoms with Gasteiger partial charge in [0.2, 0.25) is 5.89 Å². The van der Waals surface area contributed by atoms with E-state index in [1.54, 1.807) is 13.2 Å². The van der Waals surface area contributed by atoms with E-state index in [1.165, 1.54) is 11.3 Å². The Morgan fingerprint density at radius 2 is 2.07 bits per heavy atom. The highest BCUT2D eigenvalue weighted by Crippen LogP contribution is 2.28. The van der Waals surface area contributed by atoms with Crippen molar-refractivity contribution in [3.05, 3.63) is 64.9 Å². The van der Waals surface area contributed by atoms with Crippen LogP contribution in [0.15, 0.2) is 64.4 Å². The lowest BCUT2D eigenvalue weighted by Crippen LogP contribution is -2.33. The molecular formula is C20H15N3O3S2. The van der Waals surface area contributed by atoms with Gasteiger partial charge in [-0.2, -0.15) is 0 Å². The first-order chi connectivity index (χ1) is 13.6. The van der Waals surface area contributed by atoms with Crippen LogP contribution in [0.4, 0.5) is 5.69 Å². The molecule has 4 rings (SSSR count). The Morgan fingerprint density at radius 1 is 1.18 bits per heavy atom. The maximum absolute atomic E-state index is 12.1. The molecule has 0 saturated heterocycles. The maximum atomic E-state index is 12.1. The van der Waals surface area contributed by atoms with Crippen LogP contribution in [-0.4, -0.2) is 23.1 Å². The summed E-state index contributed by atoms with van der Waals surface area (Å²) in [4.78, 5) is 17.2. The van der Waals surface area contributed by atoms with Gasteiger partial charge in [-0.3, -0.25) is 10.1 Å². The van der Waals surface area contributed by atoms with E-state index >= 15 is 0 Å². The van der Waals surface area contributed by atoms with Crippen molar-refractivity contribution in [2.75, 3.05) is 12.4 Å². The Labute approximate surface area is 170 Å². The van der Waals surface area contributed by atoms with E-state index < -0.39 is 0 Å². The zero-order valence-corrected chi connectivity index (χ0v) is 16.4. The number of nitrogens with one attached hydrogen (secondary N) is 2. The molecule has 0 bridgehead atoms. The van der Waals surface area contributed by atoms with Gasteiger partial charge in [0.15, 0.2) is 10.7 Å². The molecule has 28 heavy (non-hydrogen) atoms. The summed E-state index contributed by atoms with van der Waals surface area (Å²) in [6, 6.07) is 16.5. The Morgan fingerprint density at radius 3 is 2.86 bits per heavy atom. The minimum atomic E-state index is -0.239. The fourth-order valence-corrected chi connectivity index (χ4v) is 3.45. The number of ether oxygens (including phenoxy) is 1. The number of thiophene rings is 1. The molecule has 140 valence electrons. The highest BCUT2D eigenvalue weighted by Gasteiger charge is 2.11. The zero-order chi connectivity index (χ0) is 19.5. The predicted molar refractivity (Wildman–Crippen MR) is 114 cm³/mol. The van der Waals surface area contributed by atoms with E-state index in [1.807, 2.05) is 53.9 Å². The number of nitrogens with zero attached hydrogens (tertiary/aromatic N) is 1. The number of benzene rings is 2. The number of thiocarbonyl (C=S) groups is 1. The molecule has 4 aromatic rings. The number of hydrogen-bond acceptors (Lipinski definition) is 6. The summed E-state index contributed by atoms with van der Waals surface area (Å²) < 4.78 is 11.1. The van der Waals surface area contributed by atoms with Gasteiger partial charge in [-0.05, 0) is 54.0 Å². The van der Waals surface area contributed by atoms with Gasteiger partial charge in [-0.25, -0.2) is 4.98 Å². The van der Waals surface area contributed by atoms with Gasteiger partial charge < -0.3 is 14.5 Å². The van der Waals surface area contributed by atoms with Crippen molar-refractivity contribution in [2.24, 2.45) is 0 Å². The van der Waals surface area contributed by atoms with Crippen molar-refractivity contribution >= 4 is 51.4 Å². The van der Waals surface area contributed by atoms with Crippen LogP contribution >= 0.6 is 23.6 Å². The summed E-state index contributed by atoms with van der Waals surface area (Å²) in [5.41, 5.74) is 2.89. The van der Waals surface area contributed by atoms with Crippen molar-refractivity contribution in [3.8, 4) is 17.2 Å². The van der Waals surface area contributed by atoms with Crippen LogP contribution in [0.2, 0.25) is 0 Å². The van der Waals surface area contributed by atoms with Crippen LogP contribution in [-0.2, 0) is 0 Å². The molecule has 0 aliphatic heterocycles. The first-order valence-corrected chi connectivity index (χ1v) is 9.62. The molecule has 0 fully saturated rings. The molecule has 0 atom stereocenters. The zero-order valence-electron chi connectivity index (χ0n) is 14.8. The second kappa shape index (κ2) is 7.79. The van der Waals surface area contributed by atoms with Crippen molar-refractivity contribution in [2.45, 2.75) is 0 Å². The van der Waals surface area contributed by atoms with E-state index in [0.717, 1.165) is 11.3 Å². The van der Waals surface area contributed by atoms with Crippen LogP contribution < -0.4 is 15.4 Å². The molecule has 6 nitrogen and oxygen atoms in total. The van der Waals surface area contributed by atoms with Gasteiger partial charge in [0.25, 0.3) is 5.91 Å². The average molecular weight is 409 g/mol. The molecule has 2 heterocycles. The number of methoxy groups -OCH3 is 1. The number of fused-ring (bicyclic) bond motifs is 1. The summed E-state index contributed by atoms with van der Waals surface area (Å²) in [7, 11) is 1.61. The fraction of sp³-hybridized carbons (Fsp3) is 0.0500. The number of hydrogen-bond donors (Lipinski definition) is 2. The third-order valence-corrected chi connectivity index (χ3v) is 5.01. The van der Waals surface area contributed by atoms with Crippen molar-refractivity contribution in [1.82, 2.24) is 10.3 Å². The highest BCUT2D eigenvalue weighted by molar-refractivity contribution is 7.80. The van der Waals surface area contributed by atoms with E-state index in [0.29, 0.717) is 27.6 Å². The topological polar surface area (TPSA) is 76.4 Å². The van der Waals surface area contributed by atoms with Crippen molar-refractivity contribution in [3.63, 3.8) is 0 Å². The molecule has 2 N–H and O–H groups in total. The van der Waals surface area contributed by atoms with Crippen LogP contribution in [0, 0.1) is 0 Å². The summed E-state index contributed by atoms with van der Waals surface area (Å²) in [6.07, 6.45) is 0. The van der Waals surface area contributed by atoms with E-state index in [9.17, 15) is 4.79 Å². The maximum Gasteiger partial charge on any atom is 0.267 e. The molecule has 0 unspecified atom stereocenters. The second-order valence-electron chi connectivity index (χ2n) is 5.82. The molecule has 2 aromatic carbocycles. The highest BCUT2D eigenvalue weighted by atomic mass is 32.1. The lowest BCUT2D eigenvalue weighted by atomic mass is 10.2. The van der Waals surface area contributed by atoms with Crippen LogP contribution in [0.5, 0.6) is 5.75 Å². The Hall–Kier alpha value is -3.23. The van der Waals surface area contributed by atoms with E-state index in [4.69, 9.17) is 21.4 Å². The third-order valence-electron chi connectivity index (χ3n) is 3.93. The Bertz CT molecular complexity index is 1150. The van der Waals surface area contributed by atoms with Gasteiger partial charge in [0.05, 0.1) is 12.0 Å². The smallest absolute Gasteiger partial charge is 0.267 e. The number of carbonyl (C=O) groups is 1. The summed E-state index contributed by atoms with van der Waals surface area (Å²) in [5.74, 6) is 0.964. The standard InChI is InChI=1S/C20H15N3O3S2/c1-25-14-7-8-16-15(11-14)22-19(26-16)12-4-2-5-13(10-12)21-20(27)23-18(24)17-6-3-9-28-17/h2-11H,1H3,(H2,21,23,24,27). The monoisotopic (exact) mass is 409 g/mol. The number of rotatable bonds is 4. The largest absolute Gasteiger partial charge is 0.497 e.